The van der Waals surface area contributed by atoms with Crippen molar-refractivity contribution in [3.05, 3.63) is 52.4 Å². The predicted octanol–water partition coefficient (Wildman–Crippen LogP) is 2.85. The van der Waals surface area contributed by atoms with Gasteiger partial charge in [-0.15, -0.1) is 0 Å². The summed E-state index contributed by atoms with van der Waals surface area (Å²) in [5.41, 5.74) is 4.95. The van der Waals surface area contributed by atoms with Crippen LogP contribution in [0.2, 0.25) is 0 Å². The second-order valence-electron chi connectivity index (χ2n) is 9.25. The van der Waals surface area contributed by atoms with Crippen LogP contribution in [0.5, 0.6) is 0 Å². The fourth-order valence-electron chi connectivity index (χ4n) is 4.02. The molecule has 0 saturated carbocycles. The summed E-state index contributed by atoms with van der Waals surface area (Å²) in [6.07, 6.45) is 0. The molecule has 6 heteroatoms. The molecule has 3 aromatic rings. The minimum absolute atomic E-state index is 0.00738. The van der Waals surface area contributed by atoms with Crippen LogP contribution in [0.1, 0.15) is 26.3 Å². The summed E-state index contributed by atoms with van der Waals surface area (Å²) in [5, 5.41) is 3.40. The first-order chi connectivity index (χ1) is 13.8. The van der Waals surface area contributed by atoms with Crippen LogP contribution in [0.4, 0.5) is 0 Å². The van der Waals surface area contributed by atoms with Gasteiger partial charge in [-0.25, -0.2) is 9.78 Å². The normalized spacial score (nSPS) is 15.9. The number of aromatic nitrogens is 3. The zero-order valence-corrected chi connectivity index (χ0v) is 17.9. The Hall–Kier alpha value is -2.44. The first-order valence-corrected chi connectivity index (χ1v) is 10.4. The molecule has 2 aromatic heterocycles. The summed E-state index contributed by atoms with van der Waals surface area (Å²) in [6.45, 7) is 12.3. The van der Waals surface area contributed by atoms with Gasteiger partial charge in [0.1, 0.15) is 0 Å². The molecule has 4 rings (SSSR count). The SMILES string of the molecule is Cn1c(=O)n(CC(C)(C)C)c2ccc(-c3cccc(CN4CCNCC4)c3)nc21. The average Bonchev–Trinajstić information content (AvgIpc) is 2.92. The summed E-state index contributed by atoms with van der Waals surface area (Å²) < 4.78 is 3.50. The van der Waals surface area contributed by atoms with Crippen molar-refractivity contribution in [1.29, 1.82) is 0 Å². The fraction of sp³-hybridized carbons (Fsp3) is 0.478. The van der Waals surface area contributed by atoms with Crippen molar-refractivity contribution in [3.63, 3.8) is 0 Å². The van der Waals surface area contributed by atoms with E-state index in [2.05, 4.69) is 55.3 Å². The van der Waals surface area contributed by atoms with Crippen LogP contribution in [0.3, 0.4) is 0 Å². The third-order valence-corrected chi connectivity index (χ3v) is 5.45. The number of pyridine rings is 1. The van der Waals surface area contributed by atoms with Gasteiger partial charge in [0.05, 0.1) is 11.2 Å². The molecule has 6 nitrogen and oxygen atoms in total. The summed E-state index contributed by atoms with van der Waals surface area (Å²) in [7, 11) is 1.81. The van der Waals surface area contributed by atoms with E-state index < -0.39 is 0 Å². The zero-order chi connectivity index (χ0) is 20.6. The molecule has 1 aromatic carbocycles. The zero-order valence-electron chi connectivity index (χ0n) is 17.9. The topological polar surface area (TPSA) is 55.1 Å². The first-order valence-electron chi connectivity index (χ1n) is 10.4. The van der Waals surface area contributed by atoms with E-state index in [-0.39, 0.29) is 11.1 Å². The van der Waals surface area contributed by atoms with Crippen molar-refractivity contribution in [3.8, 4) is 11.3 Å². The van der Waals surface area contributed by atoms with Crippen LogP contribution in [0, 0.1) is 5.41 Å². The lowest BCUT2D eigenvalue weighted by Crippen LogP contribution is -2.42. The number of imidazole rings is 1. The number of aryl methyl sites for hydroxylation is 1. The van der Waals surface area contributed by atoms with Gasteiger partial charge >= 0.3 is 5.69 Å². The van der Waals surface area contributed by atoms with E-state index in [9.17, 15) is 4.79 Å². The summed E-state index contributed by atoms with van der Waals surface area (Å²) >= 11 is 0. The van der Waals surface area contributed by atoms with Gasteiger partial charge in [0.25, 0.3) is 0 Å². The van der Waals surface area contributed by atoms with Crippen molar-refractivity contribution in [2.75, 3.05) is 26.2 Å². The highest BCUT2D eigenvalue weighted by molar-refractivity contribution is 5.76. The Balaban J connectivity index is 1.67. The van der Waals surface area contributed by atoms with Crippen LogP contribution in [0.15, 0.2) is 41.2 Å². The van der Waals surface area contributed by atoms with E-state index in [1.165, 1.54) is 5.56 Å². The maximum atomic E-state index is 12.8. The lowest BCUT2D eigenvalue weighted by molar-refractivity contribution is 0.233. The van der Waals surface area contributed by atoms with Crippen LogP contribution < -0.4 is 11.0 Å². The molecule has 1 aliphatic rings. The highest BCUT2D eigenvalue weighted by atomic mass is 16.1. The molecule has 154 valence electrons. The molecule has 0 spiro atoms. The van der Waals surface area contributed by atoms with Crippen molar-refractivity contribution in [2.24, 2.45) is 12.5 Å². The number of nitrogens with zero attached hydrogens (tertiary/aromatic N) is 4. The summed E-state index contributed by atoms with van der Waals surface area (Å²) in [6, 6.07) is 12.7. The van der Waals surface area contributed by atoms with Gasteiger partial charge in [0.2, 0.25) is 0 Å². The molecular weight excluding hydrogens is 362 g/mol. The Kier molecular flexibility index (Phi) is 5.32. The molecule has 0 unspecified atom stereocenters. The molecule has 29 heavy (non-hydrogen) atoms. The van der Waals surface area contributed by atoms with Gasteiger partial charge in [0, 0.05) is 51.9 Å². The molecule has 1 aliphatic heterocycles. The number of hydrogen-bond donors (Lipinski definition) is 1. The fourth-order valence-corrected chi connectivity index (χ4v) is 4.02. The number of nitrogens with one attached hydrogen (secondary N) is 1. The Morgan fingerprint density at radius 1 is 1.10 bits per heavy atom. The number of fused-ring (bicyclic) bond motifs is 1. The second kappa shape index (κ2) is 7.76. The van der Waals surface area contributed by atoms with E-state index in [4.69, 9.17) is 4.98 Å². The van der Waals surface area contributed by atoms with Gasteiger partial charge in [-0.3, -0.25) is 14.0 Å². The molecule has 0 amide bonds. The molecule has 1 N–H and O–H groups in total. The summed E-state index contributed by atoms with van der Waals surface area (Å²) in [4.78, 5) is 20.1. The van der Waals surface area contributed by atoms with Gasteiger partial charge in [-0.2, -0.15) is 0 Å². The first kappa shape index (κ1) is 19.9. The molecule has 1 saturated heterocycles. The minimum Gasteiger partial charge on any atom is -0.314 e. The van der Waals surface area contributed by atoms with Crippen molar-refractivity contribution >= 4 is 11.2 Å². The third-order valence-electron chi connectivity index (χ3n) is 5.45. The van der Waals surface area contributed by atoms with Gasteiger partial charge in [-0.05, 0) is 29.2 Å². The van der Waals surface area contributed by atoms with Crippen LogP contribution >= 0.6 is 0 Å². The predicted molar refractivity (Wildman–Crippen MR) is 118 cm³/mol. The van der Waals surface area contributed by atoms with Gasteiger partial charge < -0.3 is 5.32 Å². The molecule has 0 bridgehead atoms. The van der Waals surface area contributed by atoms with Crippen LogP contribution in [-0.2, 0) is 20.1 Å². The van der Waals surface area contributed by atoms with Gasteiger partial charge in [0.15, 0.2) is 5.65 Å². The largest absolute Gasteiger partial charge is 0.330 e. The highest BCUT2D eigenvalue weighted by Crippen LogP contribution is 2.24. The maximum Gasteiger partial charge on any atom is 0.330 e. The Labute approximate surface area is 172 Å². The molecular formula is C23H31N5O. The molecule has 3 heterocycles. The number of benzene rings is 1. The molecule has 0 radical (unpaired) electrons. The highest BCUT2D eigenvalue weighted by Gasteiger charge is 2.19. The Morgan fingerprint density at radius 2 is 1.86 bits per heavy atom. The number of rotatable bonds is 4. The van der Waals surface area contributed by atoms with Crippen molar-refractivity contribution in [1.82, 2.24) is 24.3 Å². The van der Waals surface area contributed by atoms with E-state index >= 15 is 0 Å². The maximum absolute atomic E-state index is 12.8. The van der Waals surface area contributed by atoms with E-state index in [1.807, 2.05) is 16.7 Å². The minimum atomic E-state index is -0.00738. The van der Waals surface area contributed by atoms with E-state index in [0.717, 1.165) is 55.1 Å². The lowest BCUT2D eigenvalue weighted by atomic mass is 9.97. The van der Waals surface area contributed by atoms with Gasteiger partial charge in [-0.1, -0.05) is 39.0 Å². The van der Waals surface area contributed by atoms with Crippen LogP contribution in [-0.4, -0.2) is 45.2 Å². The van der Waals surface area contributed by atoms with E-state index in [1.54, 1.807) is 11.6 Å². The average molecular weight is 394 g/mol. The standard InChI is InChI=1S/C23H31N5O/c1-23(2,3)16-28-20-9-8-19(25-21(20)26(4)22(28)29)18-7-5-6-17(14-18)15-27-12-10-24-11-13-27/h5-9,14,24H,10-13,15-16H2,1-4H3. The quantitative estimate of drug-likeness (QED) is 0.741. The lowest BCUT2D eigenvalue weighted by Gasteiger charge is -2.27. The molecule has 0 atom stereocenters. The monoisotopic (exact) mass is 393 g/mol. The smallest absolute Gasteiger partial charge is 0.314 e. The third kappa shape index (κ3) is 4.28. The second-order valence-corrected chi connectivity index (χ2v) is 9.25. The Morgan fingerprint density at radius 3 is 2.59 bits per heavy atom. The van der Waals surface area contributed by atoms with E-state index in [0.29, 0.717) is 6.54 Å². The number of piperazine rings is 1. The number of hydrogen-bond acceptors (Lipinski definition) is 4. The van der Waals surface area contributed by atoms with Crippen molar-refractivity contribution < 1.29 is 0 Å². The molecule has 0 aliphatic carbocycles. The van der Waals surface area contributed by atoms with Crippen LogP contribution in [0.25, 0.3) is 22.4 Å². The summed E-state index contributed by atoms with van der Waals surface area (Å²) in [5.74, 6) is 0. The Bertz CT molecular complexity index is 1070. The van der Waals surface area contributed by atoms with Crippen molar-refractivity contribution in [2.45, 2.75) is 33.9 Å². The molecule has 1 fully saturated rings.